The van der Waals surface area contributed by atoms with Crippen LogP contribution in [0, 0.1) is 12.7 Å². The number of nitrogens with zero attached hydrogens (tertiary/aromatic N) is 4. The Hall–Kier alpha value is -2.55. The van der Waals surface area contributed by atoms with Gasteiger partial charge in [-0.25, -0.2) is 9.37 Å². The van der Waals surface area contributed by atoms with Gasteiger partial charge in [-0.05, 0) is 93.6 Å². The first kappa shape index (κ1) is 23.2. The molecule has 2 fully saturated rings. The van der Waals surface area contributed by atoms with Crippen molar-refractivity contribution >= 4 is 34.9 Å². The van der Waals surface area contributed by atoms with Crippen LogP contribution in [0.15, 0.2) is 35.0 Å². The zero-order valence-electron chi connectivity index (χ0n) is 19.7. The van der Waals surface area contributed by atoms with Gasteiger partial charge in [0.25, 0.3) is 0 Å². The first-order valence-corrected chi connectivity index (χ1v) is 12.4. The number of benzene rings is 1. The van der Waals surface area contributed by atoms with E-state index in [4.69, 9.17) is 11.6 Å². The molecule has 0 aliphatic carbocycles. The molecule has 0 bridgehead atoms. The average molecular weight is 484 g/mol. The minimum absolute atomic E-state index is 0.274. The van der Waals surface area contributed by atoms with Crippen molar-refractivity contribution < 1.29 is 4.39 Å². The van der Waals surface area contributed by atoms with Crippen molar-refractivity contribution in [2.45, 2.75) is 45.1 Å². The molecule has 34 heavy (non-hydrogen) atoms. The van der Waals surface area contributed by atoms with E-state index in [1.165, 1.54) is 12.6 Å². The second kappa shape index (κ2) is 9.98. The summed E-state index contributed by atoms with van der Waals surface area (Å²) in [6.45, 7) is 9.08. The Bertz CT molecular complexity index is 1120. The van der Waals surface area contributed by atoms with Gasteiger partial charge >= 0.3 is 0 Å². The minimum atomic E-state index is -0.296. The highest BCUT2D eigenvalue weighted by Crippen LogP contribution is 2.34. The molecular weight excluding hydrogens is 453 g/mol. The summed E-state index contributed by atoms with van der Waals surface area (Å²) in [6.07, 6.45) is 6.81. The molecule has 180 valence electrons. The fraction of sp³-hybridized carbons (Fsp3) is 0.480. The lowest BCUT2D eigenvalue weighted by molar-refractivity contribution is 0.161. The van der Waals surface area contributed by atoms with Crippen molar-refractivity contribution in [1.29, 1.82) is 0 Å². The summed E-state index contributed by atoms with van der Waals surface area (Å²) in [4.78, 5) is 15.6. The molecule has 0 spiro atoms. The van der Waals surface area contributed by atoms with Crippen LogP contribution in [0.1, 0.15) is 43.2 Å². The summed E-state index contributed by atoms with van der Waals surface area (Å²) in [6, 6.07) is 4.20. The van der Waals surface area contributed by atoms with Crippen LogP contribution in [0.4, 0.5) is 21.8 Å². The summed E-state index contributed by atoms with van der Waals surface area (Å²) in [5, 5.41) is 9.97. The second-order valence-electron chi connectivity index (χ2n) is 9.48. The molecule has 2 aromatic rings. The van der Waals surface area contributed by atoms with E-state index < -0.39 is 0 Å². The number of nitrogens with one attached hydrogen (secondary N) is 3. The van der Waals surface area contributed by atoms with Crippen LogP contribution in [-0.2, 0) is 0 Å². The molecule has 1 aromatic heterocycles. The van der Waals surface area contributed by atoms with Gasteiger partial charge in [-0.3, -0.25) is 9.89 Å². The largest absolute Gasteiger partial charge is 0.324 e. The van der Waals surface area contributed by atoms with Crippen LogP contribution in [0.2, 0.25) is 5.02 Å². The van der Waals surface area contributed by atoms with Crippen molar-refractivity contribution in [2.75, 3.05) is 43.4 Å². The van der Waals surface area contributed by atoms with Gasteiger partial charge in [0.2, 0.25) is 5.95 Å². The molecule has 5 rings (SSSR count). The maximum atomic E-state index is 15.1. The zero-order chi connectivity index (χ0) is 23.7. The molecule has 3 N–H and O–H groups in total. The van der Waals surface area contributed by atoms with Crippen LogP contribution in [0.3, 0.4) is 0 Å². The lowest BCUT2D eigenvalue weighted by atomic mass is 9.86. The van der Waals surface area contributed by atoms with E-state index in [0.29, 0.717) is 40.9 Å². The van der Waals surface area contributed by atoms with Crippen LogP contribution in [-0.4, -0.2) is 59.5 Å². The van der Waals surface area contributed by atoms with E-state index in [9.17, 15) is 0 Å². The first-order valence-electron chi connectivity index (χ1n) is 12.0. The molecule has 0 saturated carbocycles. The van der Waals surface area contributed by atoms with Crippen molar-refractivity contribution in [1.82, 2.24) is 20.2 Å². The molecule has 3 aliphatic rings. The number of aromatic nitrogens is 2. The number of likely N-dealkylation sites (tertiary alicyclic amines) is 1. The maximum absolute atomic E-state index is 15.1. The topological polar surface area (TPSA) is 77.5 Å². The van der Waals surface area contributed by atoms with Gasteiger partial charge in [0, 0.05) is 12.6 Å². The Morgan fingerprint density at radius 1 is 1.15 bits per heavy atom. The Kier molecular flexibility index (Phi) is 6.81. The van der Waals surface area contributed by atoms with E-state index in [-0.39, 0.29) is 11.8 Å². The number of anilines is 3. The summed E-state index contributed by atoms with van der Waals surface area (Å²) in [5.74, 6) is 1.50. The summed E-state index contributed by atoms with van der Waals surface area (Å²) >= 11 is 6.26. The molecule has 0 amide bonds. The van der Waals surface area contributed by atoms with E-state index in [2.05, 4.69) is 42.7 Å². The molecule has 1 aromatic carbocycles. The van der Waals surface area contributed by atoms with Gasteiger partial charge in [-0.1, -0.05) is 11.6 Å². The van der Waals surface area contributed by atoms with Gasteiger partial charge < -0.3 is 16.0 Å². The minimum Gasteiger partial charge on any atom is -0.324 e. The number of piperidine rings is 1. The third-order valence-corrected chi connectivity index (χ3v) is 7.27. The Morgan fingerprint density at radius 3 is 2.68 bits per heavy atom. The predicted octanol–water partition coefficient (Wildman–Crippen LogP) is 4.63. The van der Waals surface area contributed by atoms with Crippen LogP contribution < -0.4 is 16.0 Å². The molecule has 1 unspecified atom stereocenters. The molecular formula is C25H31ClFN7. The van der Waals surface area contributed by atoms with Crippen molar-refractivity contribution in [3.05, 3.63) is 51.9 Å². The van der Waals surface area contributed by atoms with Gasteiger partial charge in [0.1, 0.15) is 16.7 Å². The Balaban J connectivity index is 1.27. The summed E-state index contributed by atoms with van der Waals surface area (Å²) in [5.41, 5.74) is 3.70. The zero-order valence-corrected chi connectivity index (χ0v) is 20.4. The maximum Gasteiger partial charge on any atom is 0.229 e. The Morgan fingerprint density at radius 2 is 1.97 bits per heavy atom. The summed E-state index contributed by atoms with van der Waals surface area (Å²) < 4.78 is 15.1. The second-order valence-corrected chi connectivity index (χ2v) is 9.89. The van der Waals surface area contributed by atoms with Crippen molar-refractivity contribution in [2.24, 2.45) is 4.99 Å². The third kappa shape index (κ3) is 5.09. The normalized spacial score (nSPS) is 21.5. The predicted molar refractivity (Wildman–Crippen MR) is 136 cm³/mol. The van der Waals surface area contributed by atoms with Gasteiger partial charge in [0.05, 0.1) is 18.4 Å². The standard InChI is InChI=1S/C25H31ClFN7/c1-15-9-23(29-12-15)32-24-20(26)14-30-25(33-24)31-22-10-16(2)19(11-21(22)27)17-4-7-34(8-5-17)18-3-6-28-13-18/h9-11,14,17-18,28H,3-8,12-13H2,1-2H3,(H2,29,30,31,32,33). The molecule has 1 atom stereocenters. The fourth-order valence-corrected chi connectivity index (χ4v) is 5.26. The van der Waals surface area contributed by atoms with Crippen LogP contribution in [0.5, 0.6) is 0 Å². The van der Waals surface area contributed by atoms with E-state index >= 15 is 4.39 Å². The average Bonchev–Trinajstić information content (AvgIpc) is 3.50. The number of rotatable bonds is 5. The van der Waals surface area contributed by atoms with Crippen LogP contribution in [0.25, 0.3) is 0 Å². The van der Waals surface area contributed by atoms with Gasteiger partial charge in [-0.15, -0.1) is 0 Å². The fourth-order valence-electron chi connectivity index (χ4n) is 5.13. The Labute approximate surface area is 204 Å². The van der Waals surface area contributed by atoms with Gasteiger partial charge in [0.15, 0.2) is 5.82 Å². The van der Waals surface area contributed by atoms with Crippen molar-refractivity contribution in [3.63, 3.8) is 0 Å². The first-order chi connectivity index (χ1) is 16.5. The number of aliphatic imine (C=N–C) groups is 1. The van der Waals surface area contributed by atoms with Gasteiger partial charge in [-0.2, -0.15) is 4.98 Å². The molecule has 9 heteroatoms. The number of hydrogen-bond acceptors (Lipinski definition) is 7. The lowest BCUT2D eigenvalue weighted by Gasteiger charge is -2.36. The van der Waals surface area contributed by atoms with Crippen molar-refractivity contribution in [3.8, 4) is 0 Å². The monoisotopic (exact) mass is 483 g/mol. The highest BCUT2D eigenvalue weighted by molar-refractivity contribution is 6.33. The number of halogens is 2. The molecule has 4 heterocycles. The van der Waals surface area contributed by atoms with E-state index in [1.54, 1.807) is 6.07 Å². The summed E-state index contributed by atoms with van der Waals surface area (Å²) in [7, 11) is 0. The number of aryl methyl sites for hydroxylation is 1. The molecule has 2 saturated heterocycles. The number of hydrogen-bond donors (Lipinski definition) is 3. The highest BCUT2D eigenvalue weighted by Gasteiger charge is 2.28. The molecule has 3 aliphatic heterocycles. The molecule has 0 radical (unpaired) electrons. The molecule has 7 nitrogen and oxygen atoms in total. The highest BCUT2D eigenvalue weighted by atomic mass is 35.5. The number of amidine groups is 1. The SMILES string of the molecule is CC1=CC(Nc2nc(Nc3cc(C)c(C4CCN(C5CCNC5)CC4)cc3F)ncc2Cl)=NC1. The third-order valence-electron chi connectivity index (χ3n) is 6.99. The van der Waals surface area contributed by atoms with E-state index in [0.717, 1.165) is 55.7 Å². The smallest absolute Gasteiger partial charge is 0.229 e. The van der Waals surface area contributed by atoms with Crippen LogP contribution >= 0.6 is 11.6 Å². The lowest BCUT2D eigenvalue weighted by Crippen LogP contribution is -2.42. The van der Waals surface area contributed by atoms with E-state index in [1.807, 2.05) is 19.1 Å². The quantitative estimate of drug-likeness (QED) is 0.575.